The average Bonchev–Trinajstić information content (AvgIpc) is 2.28. The maximum absolute atomic E-state index is 11.7. The van der Waals surface area contributed by atoms with E-state index in [1.54, 1.807) is 11.8 Å². The SMILES string of the molecule is CC(O)C1CCN(C(=O)N[C@@H](C)C(=O)O)CC1. The number of carboxylic acids is 1. The Morgan fingerprint density at radius 1 is 1.29 bits per heavy atom. The summed E-state index contributed by atoms with van der Waals surface area (Å²) < 4.78 is 0. The molecular weight excluding hydrogens is 224 g/mol. The number of carbonyl (C=O) groups excluding carboxylic acids is 1. The third-order valence-corrected chi connectivity index (χ3v) is 3.22. The largest absolute Gasteiger partial charge is 0.480 e. The number of amides is 2. The maximum atomic E-state index is 11.7. The summed E-state index contributed by atoms with van der Waals surface area (Å²) in [5, 5.41) is 20.5. The van der Waals surface area contributed by atoms with Gasteiger partial charge >= 0.3 is 12.0 Å². The fraction of sp³-hybridized carbons (Fsp3) is 0.818. The van der Waals surface area contributed by atoms with E-state index in [-0.39, 0.29) is 18.1 Å². The van der Waals surface area contributed by atoms with Crippen molar-refractivity contribution in [1.29, 1.82) is 0 Å². The number of carbonyl (C=O) groups is 2. The Kier molecular flexibility index (Phi) is 4.74. The molecule has 1 unspecified atom stereocenters. The number of piperidine rings is 1. The van der Waals surface area contributed by atoms with Gasteiger partial charge in [0.2, 0.25) is 0 Å². The van der Waals surface area contributed by atoms with Crippen LogP contribution in [-0.4, -0.2) is 52.3 Å². The highest BCUT2D eigenvalue weighted by atomic mass is 16.4. The minimum absolute atomic E-state index is 0.232. The first-order valence-corrected chi connectivity index (χ1v) is 5.88. The predicted molar refractivity (Wildman–Crippen MR) is 61.6 cm³/mol. The van der Waals surface area contributed by atoms with Crippen molar-refractivity contribution in [3.05, 3.63) is 0 Å². The zero-order valence-corrected chi connectivity index (χ0v) is 10.2. The summed E-state index contributed by atoms with van der Waals surface area (Å²) in [5.74, 6) is -0.812. The number of hydrogen-bond donors (Lipinski definition) is 3. The number of aliphatic hydroxyl groups is 1. The summed E-state index contributed by atoms with van der Waals surface area (Å²) in [6.07, 6.45) is 1.16. The summed E-state index contributed by atoms with van der Waals surface area (Å²) >= 11 is 0. The number of hydrogen-bond acceptors (Lipinski definition) is 3. The van der Waals surface area contributed by atoms with Gasteiger partial charge in [-0.2, -0.15) is 0 Å². The zero-order chi connectivity index (χ0) is 13.0. The van der Waals surface area contributed by atoms with Crippen LogP contribution in [0.5, 0.6) is 0 Å². The first kappa shape index (κ1) is 13.8. The molecule has 1 aliphatic heterocycles. The van der Waals surface area contributed by atoms with Crippen LogP contribution >= 0.6 is 0 Å². The molecule has 6 nitrogen and oxygen atoms in total. The van der Waals surface area contributed by atoms with E-state index in [2.05, 4.69) is 5.32 Å². The monoisotopic (exact) mass is 244 g/mol. The van der Waals surface area contributed by atoms with E-state index in [0.717, 1.165) is 12.8 Å². The Hall–Kier alpha value is -1.30. The lowest BCUT2D eigenvalue weighted by atomic mass is 9.92. The maximum Gasteiger partial charge on any atom is 0.325 e. The van der Waals surface area contributed by atoms with Gasteiger partial charge in [0.15, 0.2) is 0 Å². The minimum atomic E-state index is -1.04. The van der Waals surface area contributed by atoms with Crippen LogP contribution in [0.1, 0.15) is 26.7 Å². The molecule has 2 atom stereocenters. The molecule has 0 bridgehead atoms. The fourth-order valence-corrected chi connectivity index (χ4v) is 1.92. The topological polar surface area (TPSA) is 89.9 Å². The minimum Gasteiger partial charge on any atom is -0.480 e. The van der Waals surface area contributed by atoms with E-state index in [0.29, 0.717) is 13.1 Å². The van der Waals surface area contributed by atoms with Crippen molar-refractivity contribution >= 4 is 12.0 Å². The molecule has 6 heteroatoms. The first-order chi connectivity index (χ1) is 7.91. The summed E-state index contributed by atoms with van der Waals surface area (Å²) in [6, 6.07) is -1.22. The number of aliphatic hydroxyl groups excluding tert-OH is 1. The lowest BCUT2D eigenvalue weighted by Crippen LogP contribution is -2.49. The predicted octanol–water partition coefficient (Wildman–Crippen LogP) is 0.262. The van der Waals surface area contributed by atoms with Crippen LogP contribution in [0.3, 0.4) is 0 Å². The number of carboxylic acid groups (broad SMARTS) is 1. The van der Waals surface area contributed by atoms with E-state index in [1.165, 1.54) is 6.92 Å². The molecule has 0 aliphatic carbocycles. The van der Waals surface area contributed by atoms with Gasteiger partial charge in [0.05, 0.1) is 6.10 Å². The molecule has 1 saturated heterocycles. The lowest BCUT2D eigenvalue weighted by molar-refractivity contribution is -0.138. The standard InChI is InChI=1S/C11H20N2O4/c1-7(10(15)16)12-11(17)13-5-3-9(4-6-13)8(2)14/h7-9,14H,3-6H2,1-2H3,(H,12,17)(H,15,16)/t7-,8?/m0/s1. The molecule has 0 aromatic carbocycles. The van der Waals surface area contributed by atoms with Crippen LogP contribution in [0.4, 0.5) is 4.79 Å². The molecule has 98 valence electrons. The van der Waals surface area contributed by atoms with Crippen molar-refractivity contribution in [2.24, 2.45) is 5.92 Å². The fourth-order valence-electron chi connectivity index (χ4n) is 1.92. The molecule has 1 aliphatic rings. The zero-order valence-electron chi connectivity index (χ0n) is 10.2. The van der Waals surface area contributed by atoms with Crippen molar-refractivity contribution in [3.63, 3.8) is 0 Å². The van der Waals surface area contributed by atoms with Gasteiger partial charge in [-0.15, -0.1) is 0 Å². The number of urea groups is 1. The van der Waals surface area contributed by atoms with Crippen LogP contribution in [0, 0.1) is 5.92 Å². The number of rotatable bonds is 3. The quantitative estimate of drug-likeness (QED) is 0.664. The number of likely N-dealkylation sites (tertiary alicyclic amines) is 1. The van der Waals surface area contributed by atoms with Gasteiger partial charge in [-0.25, -0.2) is 4.79 Å². The lowest BCUT2D eigenvalue weighted by Gasteiger charge is -2.33. The molecule has 0 aromatic heterocycles. The second-order valence-corrected chi connectivity index (χ2v) is 4.57. The third-order valence-electron chi connectivity index (χ3n) is 3.22. The summed E-state index contributed by atoms with van der Waals surface area (Å²) in [4.78, 5) is 23.9. The van der Waals surface area contributed by atoms with Crippen molar-refractivity contribution in [3.8, 4) is 0 Å². The average molecular weight is 244 g/mol. The number of nitrogens with zero attached hydrogens (tertiary/aromatic N) is 1. The first-order valence-electron chi connectivity index (χ1n) is 5.88. The van der Waals surface area contributed by atoms with Crippen LogP contribution < -0.4 is 5.32 Å². The van der Waals surface area contributed by atoms with Gasteiger partial charge in [0.1, 0.15) is 6.04 Å². The smallest absolute Gasteiger partial charge is 0.325 e. The highest BCUT2D eigenvalue weighted by Crippen LogP contribution is 2.20. The normalized spacial score (nSPS) is 20.8. The van der Waals surface area contributed by atoms with Crippen LogP contribution in [0.2, 0.25) is 0 Å². The second kappa shape index (κ2) is 5.86. The molecule has 1 rings (SSSR count). The van der Waals surface area contributed by atoms with Gasteiger partial charge in [0.25, 0.3) is 0 Å². The summed E-state index contributed by atoms with van der Waals surface area (Å²) in [6.45, 7) is 4.32. The molecule has 0 spiro atoms. The van der Waals surface area contributed by atoms with Gasteiger partial charge in [-0.1, -0.05) is 0 Å². The highest BCUT2D eigenvalue weighted by Gasteiger charge is 2.26. The van der Waals surface area contributed by atoms with Crippen molar-refractivity contribution in [1.82, 2.24) is 10.2 Å². The summed E-state index contributed by atoms with van der Waals surface area (Å²) in [5.41, 5.74) is 0. The highest BCUT2D eigenvalue weighted by molar-refractivity contribution is 5.82. The van der Waals surface area contributed by atoms with E-state index in [9.17, 15) is 14.7 Å². The third kappa shape index (κ3) is 3.89. The Labute approximate surface area is 101 Å². The molecule has 3 N–H and O–H groups in total. The van der Waals surface area contributed by atoms with E-state index < -0.39 is 12.0 Å². The van der Waals surface area contributed by atoms with Crippen molar-refractivity contribution < 1.29 is 19.8 Å². The van der Waals surface area contributed by atoms with Gasteiger partial charge in [-0.3, -0.25) is 4.79 Å². The van der Waals surface area contributed by atoms with Crippen LogP contribution in [0.15, 0.2) is 0 Å². The van der Waals surface area contributed by atoms with E-state index in [1.807, 2.05) is 0 Å². The molecule has 1 heterocycles. The van der Waals surface area contributed by atoms with Crippen molar-refractivity contribution in [2.45, 2.75) is 38.8 Å². The molecule has 1 fully saturated rings. The molecule has 17 heavy (non-hydrogen) atoms. The Morgan fingerprint density at radius 2 is 1.82 bits per heavy atom. The van der Waals surface area contributed by atoms with Gasteiger partial charge in [0, 0.05) is 13.1 Å². The van der Waals surface area contributed by atoms with E-state index in [4.69, 9.17) is 5.11 Å². The Bertz CT molecular complexity index is 285. The molecule has 2 amide bonds. The molecule has 0 aromatic rings. The van der Waals surface area contributed by atoms with Crippen molar-refractivity contribution in [2.75, 3.05) is 13.1 Å². The summed E-state index contributed by atoms with van der Waals surface area (Å²) in [7, 11) is 0. The van der Waals surface area contributed by atoms with Crippen LogP contribution in [-0.2, 0) is 4.79 Å². The molecular formula is C11H20N2O4. The van der Waals surface area contributed by atoms with Gasteiger partial charge in [-0.05, 0) is 32.6 Å². The molecule has 0 saturated carbocycles. The Morgan fingerprint density at radius 3 is 2.24 bits per heavy atom. The second-order valence-electron chi connectivity index (χ2n) is 4.57. The molecule has 0 radical (unpaired) electrons. The Balaban J connectivity index is 2.38. The van der Waals surface area contributed by atoms with Gasteiger partial charge < -0.3 is 20.4 Å². The number of nitrogens with one attached hydrogen (secondary N) is 1. The van der Waals surface area contributed by atoms with Crippen LogP contribution in [0.25, 0.3) is 0 Å². The number of aliphatic carboxylic acids is 1. The van der Waals surface area contributed by atoms with E-state index >= 15 is 0 Å².